The van der Waals surface area contributed by atoms with E-state index in [0.29, 0.717) is 41.6 Å². The molecular formula is C33H35FN6O2S. The molecule has 5 aromatic rings. The zero-order valence-corrected chi connectivity index (χ0v) is 25.2. The topological polar surface area (TPSA) is 81.2 Å². The van der Waals surface area contributed by atoms with E-state index in [1.165, 1.54) is 17.0 Å². The molecule has 1 aliphatic carbocycles. The number of fused-ring (bicyclic) bond motifs is 1. The van der Waals surface area contributed by atoms with Crippen LogP contribution in [0.2, 0.25) is 0 Å². The molecule has 10 heteroatoms. The Balaban J connectivity index is 1.07. The van der Waals surface area contributed by atoms with Crippen molar-refractivity contribution in [2.75, 3.05) is 39.0 Å². The highest BCUT2D eigenvalue weighted by atomic mass is 32.1. The fourth-order valence-corrected chi connectivity index (χ4v) is 6.88. The number of nitrogen functional groups attached to an aromatic ring is 1. The second-order valence-electron chi connectivity index (χ2n) is 11.6. The number of piperazine rings is 1. The summed E-state index contributed by atoms with van der Waals surface area (Å²) in [5.74, 6) is 2.82. The Kier molecular flexibility index (Phi) is 7.50. The maximum absolute atomic E-state index is 14.4. The van der Waals surface area contributed by atoms with Gasteiger partial charge in [0.2, 0.25) is 0 Å². The van der Waals surface area contributed by atoms with E-state index in [0.717, 1.165) is 66.5 Å². The van der Waals surface area contributed by atoms with Crippen molar-refractivity contribution < 1.29 is 13.9 Å². The minimum absolute atomic E-state index is 0.369. The van der Waals surface area contributed by atoms with E-state index >= 15 is 0 Å². The van der Waals surface area contributed by atoms with Crippen molar-refractivity contribution in [1.29, 1.82) is 0 Å². The molecule has 4 heterocycles. The largest absolute Gasteiger partial charge is 0.488 e. The number of thiophene rings is 1. The molecule has 7 rings (SSSR count). The minimum atomic E-state index is -0.419. The molecule has 1 aliphatic heterocycles. The van der Waals surface area contributed by atoms with Gasteiger partial charge in [-0.05, 0) is 63.2 Å². The molecule has 3 aromatic heterocycles. The number of benzene rings is 2. The van der Waals surface area contributed by atoms with Gasteiger partial charge < -0.3 is 20.1 Å². The summed E-state index contributed by atoms with van der Waals surface area (Å²) in [6.45, 7) is 6.95. The molecular weight excluding hydrogens is 563 g/mol. The van der Waals surface area contributed by atoms with Crippen LogP contribution >= 0.6 is 11.3 Å². The Labute approximate surface area is 254 Å². The summed E-state index contributed by atoms with van der Waals surface area (Å²) >= 11 is 1.66. The van der Waals surface area contributed by atoms with Gasteiger partial charge in [0.25, 0.3) is 0 Å². The summed E-state index contributed by atoms with van der Waals surface area (Å²) in [6, 6.07) is 16.7. The van der Waals surface area contributed by atoms with Crippen molar-refractivity contribution in [3.8, 4) is 28.5 Å². The summed E-state index contributed by atoms with van der Waals surface area (Å²) in [6.07, 6.45) is 5.90. The Morgan fingerprint density at radius 1 is 0.977 bits per heavy atom. The van der Waals surface area contributed by atoms with Crippen LogP contribution in [0.1, 0.15) is 34.3 Å². The first-order valence-electron chi connectivity index (χ1n) is 14.7. The highest BCUT2D eigenvalue weighted by molar-refractivity contribution is 7.11. The summed E-state index contributed by atoms with van der Waals surface area (Å²) in [5.41, 5.74) is 8.94. The Morgan fingerprint density at radius 3 is 2.49 bits per heavy atom. The van der Waals surface area contributed by atoms with Gasteiger partial charge in [0.05, 0.1) is 0 Å². The Hall–Kier alpha value is -3.99. The van der Waals surface area contributed by atoms with Crippen LogP contribution in [-0.4, -0.2) is 63.4 Å². The van der Waals surface area contributed by atoms with Crippen molar-refractivity contribution in [2.45, 2.75) is 38.3 Å². The Morgan fingerprint density at radius 2 is 1.74 bits per heavy atom. The van der Waals surface area contributed by atoms with E-state index in [1.807, 2.05) is 49.5 Å². The number of rotatable bonds is 8. The molecule has 0 spiro atoms. The number of nitrogens with two attached hydrogens (primary N) is 1. The molecule has 222 valence electrons. The maximum Gasteiger partial charge on any atom is 0.150 e. The lowest BCUT2D eigenvalue weighted by Crippen LogP contribution is -2.52. The van der Waals surface area contributed by atoms with Crippen molar-refractivity contribution in [2.24, 2.45) is 0 Å². The Bertz CT molecular complexity index is 1740. The third-order valence-electron chi connectivity index (χ3n) is 8.53. The van der Waals surface area contributed by atoms with Crippen LogP contribution in [-0.2, 0) is 6.61 Å². The lowest BCUT2D eigenvalue weighted by Gasteiger charge is -2.45. The normalized spacial score (nSPS) is 19.4. The van der Waals surface area contributed by atoms with Gasteiger partial charge in [0.15, 0.2) is 0 Å². The van der Waals surface area contributed by atoms with Gasteiger partial charge in [-0.25, -0.2) is 14.4 Å². The van der Waals surface area contributed by atoms with Gasteiger partial charge >= 0.3 is 0 Å². The zero-order chi connectivity index (χ0) is 29.5. The lowest BCUT2D eigenvalue weighted by molar-refractivity contribution is 0.0586. The molecule has 1 saturated carbocycles. The average molecular weight is 599 g/mol. The molecule has 2 N–H and O–H groups in total. The number of nitrogens with zero attached hydrogens (tertiary/aromatic N) is 5. The summed E-state index contributed by atoms with van der Waals surface area (Å²) in [7, 11) is 2.19. The van der Waals surface area contributed by atoms with Gasteiger partial charge in [-0.2, -0.15) is 0 Å². The van der Waals surface area contributed by atoms with Crippen LogP contribution in [0.5, 0.6) is 17.2 Å². The van der Waals surface area contributed by atoms with Gasteiger partial charge in [0, 0.05) is 84.0 Å². The number of aromatic nitrogens is 3. The molecule has 43 heavy (non-hydrogen) atoms. The molecule has 0 amide bonds. The van der Waals surface area contributed by atoms with Crippen molar-refractivity contribution in [3.05, 3.63) is 88.4 Å². The molecule has 1 saturated heterocycles. The molecule has 0 atom stereocenters. The number of anilines is 1. The van der Waals surface area contributed by atoms with Gasteiger partial charge in [0.1, 0.15) is 52.5 Å². The molecule has 2 aromatic carbocycles. The van der Waals surface area contributed by atoms with E-state index in [2.05, 4.69) is 26.2 Å². The molecule has 0 unspecified atom stereocenters. The molecule has 2 aliphatic rings. The third kappa shape index (κ3) is 5.82. The number of halogens is 1. The number of hydrogen-bond donors (Lipinski definition) is 1. The van der Waals surface area contributed by atoms with E-state index in [1.54, 1.807) is 23.6 Å². The van der Waals surface area contributed by atoms with Crippen molar-refractivity contribution >= 4 is 22.7 Å². The first-order valence-corrected chi connectivity index (χ1v) is 15.5. The van der Waals surface area contributed by atoms with Crippen LogP contribution in [0.15, 0.2) is 67.0 Å². The van der Waals surface area contributed by atoms with Gasteiger partial charge in [-0.1, -0.05) is 0 Å². The first kappa shape index (κ1) is 27.8. The van der Waals surface area contributed by atoms with Crippen molar-refractivity contribution in [3.63, 3.8) is 0 Å². The van der Waals surface area contributed by atoms with Crippen LogP contribution in [0.25, 0.3) is 16.8 Å². The molecule has 0 radical (unpaired) electrons. The van der Waals surface area contributed by atoms with Crippen LogP contribution in [0.4, 0.5) is 10.2 Å². The monoisotopic (exact) mass is 598 g/mol. The molecule has 8 nitrogen and oxygen atoms in total. The van der Waals surface area contributed by atoms with Gasteiger partial charge in [-0.3, -0.25) is 9.30 Å². The van der Waals surface area contributed by atoms with E-state index in [9.17, 15) is 4.39 Å². The number of likely N-dealkylation sites (N-methyl/N-ethyl adjacent to an activating group) is 1. The van der Waals surface area contributed by atoms with E-state index in [4.69, 9.17) is 20.2 Å². The summed E-state index contributed by atoms with van der Waals surface area (Å²) in [5, 5.41) is 0. The summed E-state index contributed by atoms with van der Waals surface area (Å²) in [4.78, 5) is 16.8. The highest BCUT2D eigenvalue weighted by Crippen LogP contribution is 2.42. The predicted molar refractivity (Wildman–Crippen MR) is 168 cm³/mol. The fraction of sp³-hybridized carbons (Fsp3) is 0.333. The van der Waals surface area contributed by atoms with Crippen LogP contribution < -0.4 is 15.2 Å². The van der Waals surface area contributed by atoms with E-state index in [-0.39, 0.29) is 0 Å². The third-order valence-corrected chi connectivity index (χ3v) is 9.50. The minimum Gasteiger partial charge on any atom is -0.488 e. The fourth-order valence-electron chi connectivity index (χ4n) is 6.07. The van der Waals surface area contributed by atoms with Gasteiger partial charge in [-0.15, -0.1) is 11.3 Å². The standard InChI is InChI=1S/C33H35FN6O2S/c1-21-3-8-29(43-21)20-41-27-17-24(34)18-28(19-27)42-26-6-4-22(5-7-26)30-31-32(35)36-9-10-40(31)33(37-30)23-15-25(16-23)39-13-11-38(2)12-14-39/h3-10,17-19,23,25H,11-16,20H2,1-2H3,(H2,35,36). The summed E-state index contributed by atoms with van der Waals surface area (Å²) < 4.78 is 28.3. The van der Waals surface area contributed by atoms with Crippen LogP contribution in [0.3, 0.4) is 0 Å². The zero-order valence-electron chi connectivity index (χ0n) is 24.4. The van der Waals surface area contributed by atoms with Crippen LogP contribution in [0, 0.1) is 12.7 Å². The SMILES string of the molecule is Cc1ccc(COc2cc(F)cc(Oc3ccc(-c4nc(C5CC(N6CCN(C)CC6)C5)n5ccnc(N)c45)cc3)c2)s1. The maximum atomic E-state index is 14.4. The number of ether oxygens (including phenoxy) is 2. The number of hydrogen-bond acceptors (Lipinski definition) is 8. The quantitative estimate of drug-likeness (QED) is 0.223. The number of imidazole rings is 1. The van der Waals surface area contributed by atoms with E-state index < -0.39 is 5.82 Å². The second kappa shape index (κ2) is 11.6. The predicted octanol–water partition coefficient (Wildman–Crippen LogP) is 6.35. The lowest BCUT2D eigenvalue weighted by atomic mass is 9.78. The first-order chi connectivity index (χ1) is 20.9. The smallest absolute Gasteiger partial charge is 0.150 e. The average Bonchev–Trinajstić information content (AvgIpc) is 3.57. The molecule has 0 bridgehead atoms. The second-order valence-corrected chi connectivity index (χ2v) is 12.9. The number of aryl methyl sites for hydroxylation is 1. The molecule has 2 fully saturated rings. The highest BCUT2D eigenvalue weighted by Gasteiger charge is 2.38. The van der Waals surface area contributed by atoms with Crippen molar-refractivity contribution in [1.82, 2.24) is 24.2 Å².